The van der Waals surface area contributed by atoms with Crippen LogP contribution in [0.1, 0.15) is 6.42 Å². The molecule has 6 heteroatoms. The maximum absolute atomic E-state index is 10.6. The summed E-state index contributed by atoms with van der Waals surface area (Å²) in [7, 11) is 1.18. The zero-order valence-electron chi connectivity index (χ0n) is 6.61. The van der Waals surface area contributed by atoms with Gasteiger partial charge in [0.25, 0.3) is 0 Å². The summed E-state index contributed by atoms with van der Waals surface area (Å²) < 4.78 is 4.24. The van der Waals surface area contributed by atoms with Crippen LogP contribution in [0.15, 0.2) is 0 Å². The van der Waals surface area contributed by atoms with E-state index in [9.17, 15) is 9.59 Å². The van der Waals surface area contributed by atoms with Crippen molar-refractivity contribution < 1.29 is 19.4 Å². The number of thiol groups is 1. The number of alkyl carbamates (subject to hydrolysis) is 1. The van der Waals surface area contributed by atoms with Crippen molar-refractivity contribution in [3.05, 3.63) is 0 Å². The van der Waals surface area contributed by atoms with Crippen molar-refractivity contribution >= 4 is 24.7 Å². The van der Waals surface area contributed by atoms with E-state index in [1.54, 1.807) is 0 Å². The molecular weight excluding hydrogens is 182 g/mol. The molecule has 0 radical (unpaired) electrons. The maximum atomic E-state index is 10.6. The number of rotatable bonds is 4. The van der Waals surface area contributed by atoms with Gasteiger partial charge in [0.05, 0.1) is 7.11 Å². The Labute approximate surface area is 75.5 Å². The minimum atomic E-state index is -1.09. The standard InChI is InChI=1S/C6H11NO4S/c1-11-6(10)7-4(2-3-12)5(8)9/h4,12H,2-3H2,1H3,(H,7,10)(H,8,9)/t4-/m0/s1. The summed E-state index contributed by atoms with van der Waals surface area (Å²) in [5.74, 6) is -0.699. The minimum absolute atomic E-state index is 0.271. The fraction of sp³-hybridized carbons (Fsp3) is 0.667. The second-order valence-electron chi connectivity index (χ2n) is 2.04. The Morgan fingerprint density at radius 2 is 2.25 bits per heavy atom. The third-order valence-electron chi connectivity index (χ3n) is 1.19. The predicted molar refractivity (Wildman–Crippen MR) is 45.4 cm³/mol. The highest BCUT2D eigenvalue weighted by molar-refractivity contribution is 7.80. The molecule has 12 heavy (non-hydrogen) atoms. The topological polar surface area (TPSA) is 75.6 Å². The van der Waals surface area contributed by atoms with Gasteiger partial charge in [0.15, 0.2) is 0 Å². The van der Waals surface area contributed by atoms with E-state index in [4.69, 9.17) is 5.11 Å². The van der Waals surface area contributed by atoms with Crippen molar-refractivity contribution in [2.45, 2.75) is 12.5 Å². The van der Waals surface area contributed by atoms with Gasteiger partial charge in [-0.2, -0.15) is 12.6 Å². The third-order valence-corrected chi connectivity index (χ3v) is 1.45. The molecule has 0 fully saturated rings. The SMILES string of the molecule is COC(=O)N[C@@H](CCS)C(=O)O. The summed E-state index contributed by atoms with van der Waals surface area (Å²) in [5.41, 5.74) is 0. The Hall–Kier alpha value is -0.910. The molecule has 0 heterocycles. The first-order valence-electron chi connectivity index (χ1n) is 3.30. The van der Waals surface area contributed by atoms with Crippen molar-refractivity contribution in [2.75, 3.05) is 12.9 Å². The second kappa shape index (κ2) is 5.70. The lowest BCUT2D eigenvalue weighted by molar-refractivity contribution is -0.139. The quantitative estimate of drug-likeness (QED) is 0.554. The first kappa shape index (κ1) is 11.1. The van der Waals surface area contributed by atoms with Crippen LogP contribution < -0.4 is 5.32 Å². The lowest BCUT2D eigenvalue weighted by Gasteiger charge is -2.11. The van der Waals surface area contributed by atoms with Crippen LogP contribution >= 0.6 is 12.6 Å². The predicted octanol–water partition coefficient (Wildman–Crippen LogP) is 0.115. The molecule has 0 saturated heterocycles. The van der Waals surface area contributed by atoms with E-state index in [0.29, 0.717) is 5.75 Å². The molecule has 0 aliphatic heterocycles. The van der Waals surface area contributed by atoms with Crippen molar-refractivity contribution in [3.63, 3.8) is 0 Å². The molecule has 0 aromatic rings. The highest BCUT2D eigenvalue weighted by atomic mass is 32.1. The molecule has 0 bridgehead atoms. The molecule has 1 atom stereocenters. The molecule has 0 rings (SSSR count). The molecule has 5 nitrogen and oxygen atoms in total. The van der Waals surface area contributed by atoms with Gasteiger partial charge in [0, 0.05) is 0 Å². The van der Waals surface area contributed by atoms with Crippen molar-refractivity contribution in [1.29, 1.82) is 0 Å². The van der Waals surface area contributed by atoms with Gasteiger partial charge in [0.2, 0.25) is 0 Å². The van der Waals surface area contributed by atoms with Gasteiger partial charge in [-0.05, 0) is 12.2 Å². The first-order valence-corrected chi connectivity index (χ1v) is 3.93. The highest BCUT2D eigenvalue weighted by Gasteiger charge is 2.18. The minimum Gasteiger partial charge on any atom is -0.480 e. The Kier molecular flexibility index (Phi) is 5.27. The fourth-order valence-corrected chi connectivity index (χ4v) is 0.846. The molecule has 2 N–H and O–H groups in total. The van der Waals surface area contributed by atoms with E-state index in [0.717, 1.165) is 0 Å². The second-order valence-corrected chi connectivity index (χ2v) is 2.49. The third kappa shape index (κ3) is 4.07. The number of nitrogens with one attached hydrogen (secondary N) is 1. The number of carboxylic acid groups (broad SMARTS) is 1. The zero-order chi connectivity index (χ0) is 9.56. The Morgan fingerprint density at radius 1 is 1.67 bits per heavy atom. The van der Waals surface area contributed by atoms with Crippen LogP contribution in [0.25, 0.3) is 0 Å². The number of carbonyl (C=O) groups excluding carboxylic acids is 1. The van der Waals surface area contributed by atoms with Gasteiger partial charge in [0.1, 0.15) is 6.04 Å². The number of hydrogen-bond donors (Lipinski definition) is 3. The Balaban J connectivity index is 3.95. The Morgan fingerprint density at radius 3 is 2.58 bits per heavy atom. The van der Waals surface area contributed by atoms with E-state index in [2.05, 4.69) is 22.7 Å². The van der Waals surface area contributed by atoms with Gasteiger partial charge in [-0.25, -0.2) is 9.59 Å². The molecule has 0 spiro atoms. The number of aliphatic carboxylic acids is 1. The lowest BCUT2D eigenvalue weighted by atomic mass is 10.2. The van der Waals surface area contributed by atoms with E-state index >= 15 is 0 Å². The maximum Gasteiger partial charge on any atom is 0.407 e. The molecule has 0 aliphatic rings. The summed E-state index contributed by atoms with van der Waals surface area (Å²) in [5, 5.41) is 10.7. The van der Waals surface area contributed by atoms with Gasteiger partial charge in [-0.3, -0.25) is 0 Å². The number of ether oxygens (including phenoxy) is 1. The number of amides is 1. The molecule has 70 valence electrons. The van der Waals surface area contributed by atoms with Gasteiger partial charge < -0.3 is 15.2 Å². The van der Waals surface area contributed by atoms with Crippen LogP contribution in [0.3, 0.4) is 0 Å². The molecule has 0 aromatic carbocycles. The summed E-state index contributed by atoms with van der Waals surface area (Å²) in [6.07, 6.45) is -0.475. The average molecular weight is 193 g/mol. The number of methoxy groups -OCH3 is 1. The van der Waals surface area contributed by atoms with Crippen LogP contribution in [0.2, 0.25) is 0 Å². The molecule has 0 aliphatic carbocycles. The largest absolute Gasteiger partial charge is 0.480 e. The normalized spacial score (nSPS) is 11.8. The summed E-state index contributed by atoms with van der Waals surface area (Å²) in [6.45, 7) is 0. The van der Waals surface area contributed by atoms with Gasteiger partial charge in [-0.1, -0.05) is 0 Å². The molecule has 0 aromatic heterocycles. The van der Waals surface area contributed by atoms with Crippen LogP contribution in [-0.2, 0) is 9.53 Å². The number of hydrogen-bond acceptors (Lipinski definition) is 4. The van der Waals surface area contributed by atoms with Crippen LogP contribution in [0.4, 0.5) is 4.79 Å². The average Bonchev–Trinajstić information content (AvgIpc) is 2.03. The molecule has 0 saturated carbocycles. The Bertz CT molecular complexity index is 171. The summed E-state index contributed by atoms with van der Waals surface area (Å²) >= 11 is 3.85. The molecule has 0 unspecified atom stereocenters. The van der Waals surface area contributed by atoms with Crippen LogP contribution in [0.5, 0.6) is 0 Å². The van der Waals surface area contributed by atoms with E-state index in [1.165, 1.54) is 7.11 Å². The number of carbonyl (C=O) groups is 2. The van der Waals surface area contributed by atoms with Crippen LogP contribution in [-0.4, -0.2) is 36.1 Å². The van der Waals surface area contributed by atoms with Gasteiger partial charge in [-0.15, -0.1) is 0 Å². The number of carboxylic acids is 1. The lowest BCUT2D eigenvalue weighted by Crippen LogP contribution is -2.40. The fourth-order valence-electron chi connectivity index (χ4n) is 0.588. The van der Waals surface area contributed by atoms with E-state index in [1.807, 2.05) is 0 Å². The summed E-state index contributed by atoms with van der Waals surface area (Å²) in [4.78, 5) is 21.0. The molecular formula is C6H11NO4S. The molecule has 1 amide bonds. The van der Waals surface area contributed by atoms with Crippen molar-refractivity contribution in [3.8, 4) is 0 Å². The van der Waals surface area contributed by atoms with E-state index < -0.39 is 18.1 Å². The monoisotopic (exact) mass is 193 g/mol. The smallest absolute Gasteiger partial charge is 0.407 e. The van der Waals surface area contributed by atoms with E-state index in [-0.39, 0.29) is 6.42 Å². The van der Waals surface area contributed by atoms with Crippen LogP contribution in [0, 0.1) is 0 Å². The summed E-state index contributed by atoms with van der Waals surface area (Å²) in [6, 6.07) is -0.921. The highest BCUT2D eigenvalue weighted by Crippen LogP contribution is 1.94. The van der Waals surface area contributed by atoms with Crippen molar-refractivity contribution in [2.24, 2.45) is 0 Å². The first-order chi connectivity index (χ1) is 5.61. The van der Waals surface area contributed by atoms with Gasteiger partial charge >= 0.3 is 12.1 Å². The zero-order valence-corrected chi connectivity index (χ0v) is 7.51. The van der Waals surface area contributed by atoms with Crippen molar-refractivity contribution in [1.82, 2.24) is 5.32 Å².